The van der Waals surface area contributed by atoms with Gasteiger partial charge in [0.25, 0.3) is 10.0 Å². The van der Waals surface area contributed by atoms with Gasteiger partial charge in [-0.3, -0.25) is 4.79 Å². The summed E-state index contributed by atoms with van der Waals surface area (Å²) in [6.45, 7) is 6.75. The number of nitrogens with zero attached hydrogens (tertiary/aromatic N) is 3. The molecule has 1 aliphatic rings. The lowest BCUT2D eigenvalue weighted by Gasteiger charge is -2.24. The number of aromatic nitrogens is 2. The quantitative estimate of drug-likeness (QED) is 0.498. The molecule has 2 N–H and O–H groups in total. The van der Waals surface area contributed by atoms with E-state index >= 15 is 0 Å². The van der Waals surface area contributed by atoms with Crippen LogP contribution >= 0.6 is 11.3 Å². The highest BCUT2D eigenvalue weighted by Crippen LogP contribution is 2.31. The number of carbonyl (C=O) groups excluding carboxylic acids is 1. The van der Waals surface area contributed by atoms with E-state index in [1.54, 1.807) is 13.8 Å². The number of sulfonamides is 1. The van der Waals surface area contributed by atoms with Gasteiger partial charge in [-0.25, -0.2) is 13.1 Å². The van der Waals surface area contributed by atoms with Gasteiger partial charge in [-0.1, -0.05) is 43.4 Å². The van der Waals surface area contributed by atoms with Gasteiger partial charge < -0.3 is 10.2 Å². The zero-order valence-corrected chi connectivity index (χ0v) is 17.8. The first-order valence-corrected chi connectivity index (χ1v) is 11.6. The Labute approximate surface area is 169 Å². The van der Waals surface area contributed by atoms with E-state index in [1.165, 1.54) is 11.3 Å². The third kappa shape index (κ3) is 4.68. The summed E-state index contributed by atoms with van der Waals surface area (Å²) < 4.78 is 27.2. The molecule has 8 nitrogen and oxygen atoms in total. The molecule has 0 saturated heterocycles. The molecule has 1 amide bonds. The number of hydrogen-bond donors (Lipinski definition) is 2. The Morgan fingerprint density at radius 3 is 2.82 bits per heavy atom. The van der Waals surface area contributed by atoms with Crippen LogP contribution in [0, 0.1) is 5.92 Å². The summed E-state index contributed by atoms with van der Waals surface area (Å²) in [5.74, 6) is -0.451. The van der Waals surface area contributed by atoms with Gasteiger partial charge in [-0.15, -0.1) is 10.2 Å². The standard InChI is InChI=1S/C18H25N5O3S2/c1-12(2)16(24)20-17-21-22-18(27-17)28(25,26)19-9-6-10-23-13(3)11-14-7-4-5-8-15(14)23/h4-5,7-8,12-13,19H,6,9-11H2,1-3H3,(H,20,21,24). The van der Waals surface area contributed by atoms with E-state index in [-0.39, 0.29) is 21.3 Å². The highest BCUT2D eigenvalue weighted by atomic mass is 32.2. The number of rotatable bonds is 8. The SMILES string of the molecule is CC(C)C(=O)Nc1nnc(S(=O)(=O)NCCCN2c3ccccc3CC2C)s1. The van der Waals surface area contributed by atoms with Gasteiger partial charge in [0.05, 0.1) is 0 Å². The number of benzene rings is 1. The van der Waals surface area contributed by atoms with Crippen LogP contribution in [0.4, 0.5) is 10.8 Å². The summed E-state index contributed by atoms with van der Waals surface area (Å²) in [6, 6.07) is 8.72. The molecule has 2 heterocycles. The van der Waals surface area contributed by atoms with Crippen molar-refractivity contribution in [3.8, 4) is 0 Å². The molecular weight excluding hydrogens is 398 g/mol. The average Bonchev–Trinajstić information content (AvgIpc) is 3.23. The van der Waals surface area contributed by atoms with Crippen LogP contribution in [0.25, 0.3) is 0 Å². The second-order valence-electron chi connectivity index (χ2n) is 7.14. The van der Waals surface area contributed by atoms with Gasteiger partial charge in [0, 0.05) is 30.7 Å². The third-order valence-corrected chi connectivity index (χ3v) is 7.27. The average molecular weight is 424 g/mol. The Hall–Kier alpha value is -2.04. The number of carbonyl (C=O) groups is 1. The zero-order chi connectivity index (χ0) is 20.3. The van der Waals surface area contributed by atoms with Crippen LogP contribution in [0.5, 0.6) is 0 Å². The third-order valence-electron chi connectivity index (χ3n) is 4.61. The van der Waals surface area contributed by atoms with Crippen molar-refractivity contribution in [2.75, 3.05) is 23.3 Å². The maximum Gasteiger partial charge on any atom is 0.269 e. The fourth-order valence-electron chi connectivity index (χ4n) is 3.11. The maximum atomic E-state index is 12.4. The monoisotopic (exact) mass is 423 g/mol. The lowest BCUT2D eigenvalue weighted by Crippen LogP contribution is -2.33. The summed E-state index contributed by atoms with van der Waals surface area (Å²) in [6.07, 6.45) is 1.69. The lowest BCUT2D eigenvalue weighted by molar-refractivity contribution is -0.118. The maximum absolute atomic E-state index is 12.4. The van der Waals surface area contributed by atoms with Crippen LogP contribution in [0.3, 0.4) is 0 Å². The first-order chi connectivity index (χ1) is 13.3. The van der Waals surface area contributed by atoms with E-state index in [9.17, 15) is 13.2 Å². The summed E-state index contributed by atoms with van der Waals surface area (Å²) in [7, 11) is -3.74. The van der Waals surface area contributed by atoms with Crippen molar-refractivity contribution in [1.29, 1.82) is 0 Å². The Bertz CT molecular complexity index is 942. The predicted molar refractivity (Wildman–Crippen MR) is 110 cm³/mol. The minimum atomic E-state index is -3.74. The van der Waals surface area contributed by atoms with Crippen molar-refractivity contribution < 1.29 is 13.2 Å². The van der Waals surface area contributed by atoms with Gasteiger partial charge in [-0.2, -0.15) is 0 Å². The summed E-state index contributed by atoms with van der Waals surface area (Å²) in [4.78, 5) is 14.0. The second-order valence-corrected chi connectivity index (χ2v) is 10.1. The number of hydrogen-bond acceptors (Lipinski definition) is 7. The molecule has 0 aliphatic carbocycles. The first kappa shape index (κ1) is 20.7. The van der Waals surface area contributed by atoms with Gasteiger partial charge >= 0.3 is 0 Å². The number of para-hydroxylation sites is 1. The van der Waals surface area contributed by atoms with Gasteiger partial charge in [-0.05, 0) is 31.4 Å². The molecule has 28 heavy (non-hydrogen) atoms. The number of amides is 1. The molecule has 10 heteroatoms. The summed E-state index contributed by atoms with van der Waals surface area (Å²) >= 11 is 0.845. The molecule has 0 radical (unpaired) electrons. The van der Waals surface area contributed by atoms with Crippen LogP contribution < -0.4 is 14.9 Å². The molecule has 3 rings (SSSR count). The molecular formula is C18H25N5O3S2. The fraction of sp³-hybridized carbons (Fsp3) is 0.500. The topological polar surface area (TPSA) is 104 Å². The molecule has 1 unspecified atom stereocenters. The molecule has 1 aliphatic heterocycles. The molecule has 1 aromatic heterocycles. The van der Waals surface area contributed by atoms with Crippen LogP contribution in [-0.4, -0.2) is 43.7 Å². The van der Waals surface area contributed by atoms with Crippen molar-refractivity contribution >= 4 is 38.1 Å². The predicted octanol–water partition coefficient (Wildman–Crippen LogP) is 2.25. The first-order valence-electron chi connectivity index (χ1n) is 9.26. The van der Waals surface area contributed by atoms with E-state index in [0.29, 0.717) is 19.0 Å². The fourth-order valence-corrected chi connectivity index (χ4v) is 5.12. The van der Waals surface area contributed by atoms with E-state index in [1.807, 2.05) is 12.1 Å². The number of fused-ring (bicyclic) bond motifs is 1. The van der Waals surface area contributed by atoms with Crippen molar-refractivity contribution in [1.82, 2.24) is 14.9 Å². The Kier molecular flexibility index (Phi) is 6.31. The molecule has 0 saturated carbocycles. The number of anilines is 2. The molecule has 0 spiro atoms. The summed E-state index contributed by atoms with van der Waals surface area (Å²) in [5.41, 5.74) is 2.56. The minimum absolute atomic E-state index is 0.147. The smallest absolute Gasteiger partial charge is 0.269 e. The van der Waals surface area contributed by atoms with Crippen molar-refractivity contribution in [3.63, 3.8) is 0 Å². The van der Waals surface area contributed by atoms with E-state index in [4.69, 9.17) is 0 Å². The van der Waals surface area contributed by atoms with Crippen LogP contribution in [0.1, 0.15) is 32.8 Å². The molecule has 152 valence electrons. The van der Waals surface area contributed by atoms with Crippen LogP contribution in [0.2, 0.25) is 0 Å². The van der Waals surface area contributed by atoms with E-state index in [0.717, 1.165) is 24.3 Å². The largest absolute Gasteiger partial charge is 0.368 e. The zero-order valence-electron chi connectivity index (χ0n) is 16.2. The summed E-state index contributed by atoms with van der Waals surface area (Å²) in [5, 5.41) is 10.2. The van der Waals surface area contributed by atoms with Crippen molar-refractivity contribution in [3.05, 3.63) is 29.8 Å². The number of nitrogens with one attached hydrogen (secondary N) is 2. The molecule has 1 atom stereocenters. The van der Waals surface area contributed by atoms with E-state index in [2.05, 4.69) is 44.2 Å². The van der Waals surface area contributed by atoms with Crippen molar-refractivity contribution in [2.45, 2.75) is 44.0 Å². The van der Waals surface area contributed by atoms with Gasteiger partial charge in [0.1, 0.15) is 0 Å². The van der Waals surface area contributed by atoms with Crippen LogP contribution in [-0.2, 0) is 21.2 Å². The second kappa shape index (κ2) is 8.54. The molecule has 0 bridgehead atoms. The molecule has 2 aromatic rings. The lowest BCUT2D eigenvalue weighted by atomic mass is 10.1. The Morgan fingerprint density at radius 1 is 1.32 bits per heavy atom. The van der Waals surface area contributed by atoms with E-state index < -0.39 is 10.0 Å². The van der Waals surface area contributed by atoms with Crippen molar-refractivity contribution in [2.24, 2.45) is 5.92 Å². The highest BCUT2D eigenvalue weighted by molar-refractivity contribution is 7.91. The Morgan fingerprint density at radius 2 is 2.07 bits per heavy atom. The molecule has 0 fully saturated rings. The normalized spacial score (nSPS) is 16.4. The molecule has 1 aromatic carbocycles. The minimum Gasteiger partial charge on any atom is -0.368 e. The van der Waals surface area contributed by atoms with Gasteiger partial charge in [0.2, 0.25) is 15.4 Å². The van der Waals surface area contributed by atoms with Gasteiger partial charge in [0.15, 0.2) is 0 Å². The Balaban J connectivity index is 1.52. The van der Waals surface area contributed by atoms with Crippen LogP contribution in [0.15, 0.2) is 28.6 Å². The highest BCUT2D eigenvalue weighted by Gasteiger charge is 2.25.